The lowest BCUT2D eigenvalue weighted by molar-refractivity contribution is -0.127. The van der Waals surface area contributed by atoms with Gasteiger partial charge >= 0.3 is 0 Å². The number of pyridine rings is 1. The van der Waals surface area contributed by atoms with Gasteiger partial charge in [0.05, 0.1) is 13.2 Å². The van der Waals surface area contributed by atoms with Gasteiger partial charge in [-0.3, -0.25) is 9.59 Å². The van der Waals surface area contributed by atoms with Crippen molar-refractivity contribution in [3.8, 4) is 5.88 Å². The monoisotopic (exact) mass is 403 g/mol. The molecule has 0 saturated heterocycles. The highest BCUT2D eigenvalue weighted by Crippen LogP contribution is 2.44. The summed E-state index contributed by atoms with van der Waals surface area (Å²) in [5, 5.41) is 5.77. The highest BCUT2D eigenvalue weighted by atomic mass is 16.5. The van der Waals surface area contributed by atoms with E-state index in [1.807, 2.05) is 19.9 Å². The summed E-state index contributed by atoms with van der Waals surface area (Å²) >= 11 is 0. The number of carbonyl (C=O) groups excluding carboxylic acids is 2. The van der Waals surface area contributed by atoms with E-state index in [0.29, 0.717) is 50.3 Å². The summed E-state index contributed by atoms with van der Waals surface area (Å²) < 4.78 is 11.0. The van der Waals surface area contributed by atoms with E-state index >= 15 is 0 Å². The van der Waals surface area contributed by atoms with Crippen LogP contribution in [-0.2, 0) is 9.53 Å². The fourth-order valence-corrected chi connectivity index (χ4v) is 3.40. The van der Waals surface area contributed by atoms with Gasteiger partial charge in [0.15, 0.2) is 0 Å². The van der Waals surface area contributed by atoms with E-state index in [4.69, 9.17) is 9.47 Å². The maximum atomic E-state index is 13.0. The molecule has 0 unspecified atom stereocenters. The van der Waals surface area contributed by atoms with Crippen molar-refractivity contribution in [3.63, 3.8) is 0 Å². The molecule has 2 N–H and O–H groups in total. The minimum Gasteiger partial charge on any atom is -0.477 e. The molecule has 2 fully saturated rings. The van der Waals surface area contributed by atoms with Crippen molar-refractivity contribution in [2.24, 2.45) is 5.92 Å². The minimum absolute atomic E-state index is 0.201. The lowest BCUT2D eigenvalue weighted by atomic mass is 9.91. The number of rotatable bonds is 12. The number of hydrogen-bond donors (Lipinski definition) is 2. The van der Waals surface area contributed by atoms with Crippen molar-refractivity contribution in [2.75, 3.05) is 26.9 Å². The molecule has 2 aliphatic rings. The molecule has 29 heavy (non-hydrogen) atoms. The van der Waals surface area contributed by atoms with Crippen molar-refractivity contribution in [3.05, 3.63) is 23.4 Å². The first kappa shape index (κ1) is 21.6. The Hall–Kier alpha value is -2.15. The zero-order valence-corrected chi connectivity index (χ0v) is 17.8. The molecule has 3 rings (SSSR count). The summed E-state index contributed by atoms with van der Waals surface area (Å²) in [4.78, 5) is 30.3. The third kappa shape index (κ3) is 5.47. The van der Waals surface area contributed by atoms with Crippen LogP contribution in [0.5, 0.6) is 5.88 Å². The molecule has 160 valence electrons. The third-order valence-electron chi connectivity index (χ3n) is 5.88. The summed E-state index contributed by atoms with van der Waals surface area (Å²) in [5.41, 5.74) is 0.407. The molecule has 0 bridgehead atoms. The smallest absolute Gasteiger partial charge is 0.270 e. The Morgan fingerprint density at radius 1 is 1.17 bits per heavy atom. The van der Waals surface area contributed by atoms with Crippen LogP contribution in [0, 0.1) is 5.92 Å². The van der Waals surface area contributed by atoms with Crippen LogP contribution in [0.15, 0.2) is 12.1 Å². The first-order valence-corrected chi connectivity index (χ1v) is 10.8. The van der Waals surface area contributed by atoms with Gasteiger partial charge in [-0.25, -0.2) is 4.98 Å². The molecule has 7 nitrogen and oxygen atoms in total. The molecule has 7 heteroatoms. The largest absolute Gasteiger partial charge is 0.477 e. The molecule has 2 aliphatic carbocycles. The molecular weight excluding hydrogens is 370 g/mol. The van der Waals surface area contributed by atoms with Crippen LogP contribution in [0.3, 0.4) is 0 Å². The molecule has 2 saturated carbocycles. The molecule has 1 aromatic rings. The maximum absolute atomic E-state index is 13.0. The van der Waals surface area contributed by atoms with Crippen molar-refractivity contribution in [1.82, 2.24) is 15.6 Å². The maximum Gasteiger partial charge on any atom is 0.270 e. The molecule has 0 radical (unpaired) electrons. The van der Waals surface area contributed by atoms with E-state index in [1.54, 1.807) is 13.2 Å². The second-order valence-corrected chi connectivity index (χ2v) is 8.11. The Bertz CT molecular complexity index is 725. The van der Waals surface area contributed by atoms with Crippen LogP contribution in [-0.4, -0.2) is 49.2 Å². The molecular formula is C22H33N3O4. The Morgan fingerprint density at radius 2 is 1.90 bits per heavy atom. The molecule has 0 aromatic carbocycles. The summed E-state index contributed by atoms with van der Waals surface area (Å²) in [6.45, 7) is 5.28. The second kappa shape index (κ2) is 9.57. The summed E-state index contributed by atoms with van der Waals surface area (Å²) in [6, 6.07) is 3.70. The van der Waals surface area contributed by atoms with Gasteiger partial charge in [-0.1, -0.05) is 19.9 Å². The number of carbonyl (C=O) groups is 2. The third-order valence-corrected chi connectivity index (χ3v) is 5.88. The number of ether oxygens (including phenoxy) is 2. The van der Waals surface area contributed by atoms with Gasteiger partial charge in [0.2, 0.25) is 11.8 Å². The average Bonchev–Trinajstić information content (AvgIpc) is 3.64. The van der Waals surface area contributed by atoms with E-state index in [1.165, 1.54) is 12.8 Å². The number of aromatic nitrogens is 1. The first-order chi connectivity index (χ1) is 14.0. The second-order valence-electron chi connectivity index (χ2n) is 8.11. The highest BCUT2D eigenvalue weighted by Gasteiger charge is 2.37. The quantitative estimate of drug-likeness (QED) is 0.524. The number of nitrogens with one attached hydrogen (secondary N) is 2. The highest BCUT2D eigenvalue weighted by molar-refractivity contribution is 5.98. The number of nitrogens with zero attached hydrogens (tertiary/aromatic N) is 1. The van der Waals surface area contributed by atoms with Crippen LogP contribution in [0.25, 0.3) is 0 Å². The first-order valence-electron chi connectivity index (χ1n) is 10.8. The standard InChI is InChI=1S/C22H33N3O4/c1-4-22(5-2,21(27)23-12-13-28-3)25-19(26)18-11-10-17(16-8-9-16)20(24-18)29-14-15-6-7-15/h10-11,15-16H,4-9,12-14H2,1-3H3,(H,23,27)(H,25,26). The Morgan fingerprint density at radius 3 is 2.48 bits per heavy atom. The average molecular weight is 404 g/mol. The number of methoxy groups -OCH3 is 1. The van der Waals surface area contributed by atoms with Gasteiger partial charge in [0.25, 0.3) is 5.91 Å². The topological polar surface area (TPSA) is 89.5 Å². The fraction of sp³-hybridized carbons (Fsp3) is 0.682. The van der Waals surface area contributed by atoms with Crippen molar-refractivity contribution in [1.29, 1.82) is 0 Å². The van der Waals surface area contributed by atoms with E-state index in [9.17, 15) is 9.59 Å². The van der Waals surface area contributed by atoms with Crippen molar-refractivity contribution >= 4 is 11.8 Å². The molecule has 1 heterocycles. The predicted molar refractivity (Wildman–Crippen MR) is 110 cm³/mol. The van der Waals surface area contributed by atoms with Crippen LogP contribution in [0.1, 0.15) is 74.3 Å². The number of hydrogen-bond acceptors (Lipinski definition) is 5. The number of amides is 2. The SMILES string of the molecule is CCC(CC)(NC(=O)c1ccc(C2CC2)c(OCC2CC2)n1)C(=O)NCCOC. The zero-order valence-electron chi connectivity index (χ0n) is 17.8. The Kier molecular flexibility index (Phi) is 7.11. The van der Waals surface area contributed by atoms with E-state index in [2.05, 4.69) is 15.6 Å². The van der Waals surface area contributed by atoms with Crippen LogP contribution >= 0.6 is 0 Å². The van der Waals surface area contributed by atoms with Gasteiger partial charge in [-0.2, -0.15) is 0 Å². The molecule has 0 atom stereocenters. The molecule has 1 aromatic heterocycles. The van der Waals surface area contributed by atoms with Gasteiger partial charge in [-0.15, -0.1) is 0 Å². The van der Waals surface area contributed by atoms with Crippen LogP contribution in [0.2, 0.25) is 0 Å². The van der Waals surface area contributed by atoms with E-state index in [0.717, 1.165) is 18.4 Å². The Balaban J connectivity index is 1.73. The molecule has 0 aliphatic heterocycles. The van der Waals surface area contributed by atoms with Crippen LogP contribution in [0.4, 0.5) is 0 Å². The van der Waals surface area contributed by atoms with Crippen LogP contribution < -0.4 is 15.4 Å². The van der Waals surface area contributed by atoms with Gasteiger partial charge in [0, 0.05) is 19.2 Å². The fourth-order valence-electron chi connectivity index (χ4n) is 3.40. The summed E-state index contributed by atoms with van der Waals surface area (Å²) in [7, 11) is 1.58. The normalized spacial score (nSPS) is 16.4. The minimum atomic E-state index is -0.975. The summed E-state index contributed by atoms with van der Waals surface area (Å²) in [5.74, 6) is 1.13. The Labute approximate surface area is 172 Å². The van der Waals surface area contributed by atoms with E-state index in [-0.39, 0.29) is 17.5 Å². The van der Waals surface area contributed by atoms with Gasteiger partial charge < -0.3 is 20.1 Å². The predicted octanol–water partition coefficient (Wildman–Crippen LogP) is 2.80. The lowest BCUT2D eigenvalue weighted by Crippen LogP contribution is -2.58. The lowest BCUT2D eigenvalue weighted by Gasteiger charge is -2.31. The zero-order chi connectivity index (χ0) is 20.9. The molecule has 2 amide bonds. The summed E-state index contributed by atoms with van der Waals surface area (Å²) in [6.07, 6.45) is 5.66. The molecule has 0 spiro atoms. The van der Waals surface area contributed by atoms with Crippen molar-refractivity contribution in [2.45, 2.75) is 63.8 Å². The van der Waals surface area contributed by atoms with E-state index < -0.39 is 5.54 Å². The van der Waals surface area contributed by atoms with Gasteiger partial charge in [0.1, 0.15) is 11.2 Å². The van der Waals surface area contributed by atoms with Crippen molar-refractivity contribution < 1.29 is 19.1 Å². The van der Waals surface area contributed by atoms with Gasteiger partial charge in [-0.05, 0) is 56.4 Å².